The van der Waals surface area contributed by atoms with Gasteiger partial charge in [0.05, 0.1) is 6.04 Å². The highest BCUT2D eigenvalue weighted by atomic mass is 16.2. The SMILES string of the molecule is CNC(C)C(=O)NCCCCCN1CCC(C(C(N)=O)(c2ccccc2)c2ccccc2)C1. The van der Waals surface area contributed by atoms with E-state index < -0.39 is 5.41 Å². The molecule has 2 aromatic carbocycles. The van der Waals surface area contributed by atoms with Gasteiger partial charge in [-0.3, -0.25) is 9.59 Å². The van der Waals surface area contributed by atoms with E-state index in [-0.39, 0.29) is 23.8 Å². The number of nitrogens with one attached hydrogen (secondary N) is 2. The van der Waals surface area contributed by atoms with Crippen LogP contribution in [-0.4, -0.2) is 56.0 Å². The summed E-state index contributed by atoms with van der Waals surface area (Å²) in [6.07, 6.45) is 4.04. The van der Waals surface area contributed by atoms with Crippen LogP contribution < -0.4 is 16.4 Å². The molecule has 178 valence electrons. The molecule has 1 fully saturated rings. The van der Waals surface area contributed by atoms with Crippen LogP contribution in [0.15, 0.2) is 60.7 Å². The van der Waals surface area contributed by atoms with Crippen LogP contribution in [0.25, 0.3) is 0 Å². The molecule has 0 aliphatic carbocycles. The van der Waals surface area contributed by atoms with Crippen LogP contribution in [0.5, 0.6) is 0 Å². The van der Waals surface area contributed by atoms with Crippen LogP contribution in [0.3, 0.4) is 0 Å². The lowest BCUT2D eigenvalue weighted by Crippen LogP contribution is -2.49. The summed E-state index contributed by atoms with van der Waals surface area (Å²) in [6, 6.07) is 19.9. The Bertz CT molecular complexity index is 848. The molecule has 2 amide bonds. The Morgan fingerprint density at radius 2 is 1.64 bits per heavy atom. The molecule has 0 radical (unpaired) electrons. The monoisotopic (exact) mass is 450 g/mol. The number of nitrogens with zero attached hydrogens (tertiary/aromatic N) is 1. The maximum Gasteiger partial charge on any atom is 0.236 e. The second-order valence-electron chi connectivity index (χ2n) is 9.05. The number of hydrogen-bond donors (Lipinski definition) is 3. The molecule has 6 heteroatoms. The average Bonchev–Trinajstić information content (AvgIpc) is 3.31. The number of carbonyl (C=O) groups excluding carboxylic acids is 2. The van der Waals surface area contributed by atoms with Gasteiger partial charge in [-0.2, -0.15) is 0 Å². The molecule has 3 rings (SSSR count). The van der Waals surface area contributed by atoms with E-state index in [0.717, 1.165) is 56.4 Å². The van der Waals surface area contributed by atoms with E-state index in [0.29, 0.717) is 6.54 Å². The van der Waals surface area contributed by atoms with Crippen LogP contribution in [0.2, 0.25) is 0 Å². The van der Waals surface area contributed by atoms with Crippen molar-refractivity contribution in [2.45, 2.75) is 44.1 Å². The number of carbonyl (C=O) groups is 2. The molecular weight excluding hydrogens is 412 g/mol. The highest BCUT2D eigenvalue weighted by molar-refractivity contribution is 5.91. The molecule has 2 aromatic rings. The second-order valence-corrected chi connectivity index (χ2v) is 9.05. The van der Waals surface area contributed by atoms with Crippen LogP contribution in [0.1, 0.15) is 43.7 Å². The van der Waals surface area contributed by atoms with Gasteiger partial charge in [-0.05, 0) is 63.4 Å². The fourth-order valence-corrected chi connectivity index (χ4v) is 5.05. The Labute approximate surface area is 197 Å². The van der Waals surface area contributed by atoms with Gasteiger partial charge in [0.2, 0.25) is 11.8 Å². The van der Waals surface area contributed by atoms with Crippen LogP contribution >= 0.6 is 0 Å². The van der Waals surface area contributed by atoms with Crippen molar-refractivity contribution in [2.24, 2.45) is 11.7 Å². The van der Waals surface area contributed by atoms with Crippen LogP contribution in [-0.2, 0) is 15.0 Å². The van der Waals surface area contributed by atoms with Crippen molar-refractivity contribution in [1.82, 2.24) is 15.5 Å². The molecule has 1 heterocycles. The van der Waals surface area contributed by atoms with Gasteiger partial charge in [0.25, 0.3) is 0 Å². The number of rotatable bonds is 12. The number of nitrogens with two attached hydrogens (primary N) is 1. The Kier molecular flexibility index (Phi) is 9.03. The third-order valence-electron chi connectivity index (χ3n) is 7.01. The number of likely N-dealkylation sites (N-methyl/N-ethyl adjacent to an activating group) is 1. The summed E-state index contributed by atoms with van der Waals surface area (Å²) in [4.78, 5) is 27.4. The quantitative estimate of drug-likeness (QED) is 0.434. The molecular formula is C27H38N4O2. The van der Waals surface area contributed by atoms with E-state index in [1.54, 1.807) is 7.05 Å². The van der Waals surface area contributed by atoms with Gasteiger partial charge in [-0.1, -0.05) is 67.1 Å². The average molecular weight is 451 g/mol. The van der Waals surface area contributed by atoms with E-state index in [1.165, 1.54) is 0 Å². The van der Waals surface area contributed by atoms with Crippen molar-refractivity contribution < 1.29 is 9.59 Å². The zero-order chi connectivity index (χ0) is 23.7. The number of likely N-dealkylation sites (tertiary alicyclic amines) is 1. The minimum atomic E-state index is -0.828. The normalized spacial score (nSPS) is 17.6. The smallest absolute Gasteiger partial charge is 0.236 e. The third kappa shape index (κ3) is 5.81. The zero-order valence-corrected chi connectivity index (χ0v) is 19.9. The van der Waals surface area contributed by atoms with Gasteiger partial charge in [0.15, 0.2) is 0 Å². The molecule has 2 unspecified atom stereocenters. The third-order valence-corrected chi connectivity index (χ3v) is 7.01. The van der Waals surface area contributed by atoms with Gasteiger partial charge in [0, 0.05) is 13.1 Å². The first-order valence-electron chi connectivity index (χ1n) is 12.1. The summed E-state index contributed by atoms with van der Waals surface area (Å²) in [5, 5.41) is 5.92. The fourth-order valence-electron chi connectivity index (χ4n) is 5.05. The summed E-state index contributed by atoms with van der Waals surface area (Å²) in [5.74, 6) is -0.107. The summed E-state index contributed by atoms with van der Waals surface area (Å²) >= 11 is 0. The first-order chi connectivity index (χ1) is 16.0. The van der Waals surface area contributed by atoms with Gasteiger partial charge >= 0.3 is 0 Å². The molecule has 4 N–H and O–H groups in total. The van der Waals surface area contributed by atoms with E-state index >= 15 is 0 Å². The van der Waals surface area contributed by atoms with Crippen LogP contribution in [0, 0.1) is 5.92 Å². The molecule has 0 saturated carbocycles. The van der Waals surface area contributed by atoms with E-state index in [2.05, 4.69) is 15.5 Å². The van der Waals surface area contributed by atoms with Crippen molar-refractivity contribution in [3.05, 3.63) is 71.8 Å². The molecule has 6 nitrogen and oxygen atoms in total. The standard InChI is InChI=1S/C27H38N4O2/c1-21(29-2)25(32)30-17-10-5-11-18-31-19-16-24(20-31)27(26(28)33,22-12-6-3-7-13-22)23-14-8-4-9-15-23/h3-4,6-9,12-15,21,24,29H,5,10-11,16-20H2,1-2H3,(H2,28,33)(H,30,32). The fraction of sp³-hybridized carbons (Fsp3) is 0.481. The molecule has 33 heavy (non-hydrogen) atoms. The number of benzene rings is 2. The highest BCUT2D eigenvalue weighted by Gasteiger charge is 2.49. The lowest BCUT2D eigenvalue weighted by Gasteiger charge is -2.37. The molecule has 1 aliphatic heterocycles. The molecule has 0 spiro atoms. The minimum Gasteiger partial charge on any atom is -0.369 e. The van der Waals surface area contributed by atoms with Crippen molar-refractivity contribution in [3.63, 3.8) is 0 Å². The molecule has 0 aromatic heterocycles. The van der Waals surface area contributed by atoms with Crippen molar-refractivity contribution in [3.8, 4) is 0 Å². The summed E-state index contributed by atoms with van der Waals surface area (Å²) in [6.45, 7) is 5.38. The summed E-state index contributed by atoms with van der Waals surface area (Å²) in [7, 11) is 1.79. The Balaban J connectivity index is 1.61. The number of unbranched alkanes of at least 4 members (excludes halogenated alkanes) is 2. The Morgan fingerprint density at radius 1 is 1.03 bits per heavy atom. The number of hydrogen-bond acceptors (Lipinski definition) is 4. The van der Waals surface area contributed by atoms with Crippen LogP contribution in [0.4, 0.5) is 0 Å². The summed E-state index contributed by atoms with van der Waals surface area (Å²) < 4.78 is 0. The van der Waals surface area contributed by atoms with E-state index in [9.17, 15) is 9.59 Å². The second kappa shape index (κ2) is 12.0. The predicted molar refractivity (Wildman–Crippen MR) is 133 cm³/mol. The largest absolute Gasteiger partial charge is 0.369 e. The minimum absolute atomic E-state index is 0.0458. The van der Waals surface area contributed by atoms with Gasteiger partial charge in [-0.25, -0.2) is 0 Å². The van der Waals surface area contributed by atoms with E-state index in [4.69, 9.17) is 5.73 Å². The molecule has 0 bridgehead atoms. The molecule has 2 atom stereocenters. The number of primary amides is 1. The van der Waals surface area contributed by atoms with Crippen molar-refractivity contribution in [1.29, 1.82) is 0 Å². The number of amides is 2. The topological polar surface area (TPSA) is 87.5 Å². The lowest BCUT2D eigenvalue weighted by molar-refractivity contribution is -0.124. The van der Waals surface area contributed by atoms with Gasteiger partial charge in [0.1, 0.15) is 5.41 Å². The lowest BCUT2D eigenvalue weighted by atomic mass is 9.64. The van der Waals surface area contributed by atoms with Gasteiger partial charge in [-0.15, -0.1) is 0 Å². The first kappa shape index (κ1) is 24.9. The van der Waals surface area contributed by atoms with Crippen molar-refractivity contribution in [2.75, 3.05) is 33.2 Å². The molecule has 1 aliphatic rings. The first-order valence-corrected chi connectivity index (χ1v) is 12.1. The maximum absolute atomic E-state index is 13.1. The van der Waals surface area contributed by atoms with Gasteiger partial charge < -0.3 is 21.3 Å². The Morgan fingerprint density at radius 3 is 2.18 bits per heavy atom. The predicted octanol–water partition coefficient (Wildman–Crippen LogP) is 2.67. The highest BCUT2D eigenvalue weighted by Crippen LogP contribution is 2.43. The van der Waals surface area contributed by atoms with E-state index in [1.807, 2.05) is 67.6 Å². The molecule has 1 saturated heterocycles. The Hall–Kier alpha value is -2.70. The zero-order valence-electron chi connectivity index (χ0n) is 19.9. The van der Waals surface area contributed by atoms with Crippen molar-refractivity contribution >= 4 is 11.8 Å². The summed E-state index contributed by atoms with van der Waals surface area (Å²) in [5.41, 5.74) is 7.30. The maximum atomic E-state index is 13.1.